The molecule has 2 nitrogen and oxygen atoms in total. The molecule has 0 bridgehead atoms. The summed E-state index contributed by atoms with van der Waals surface area (Å²) < 4.78 is 0. The standard InChI is InChI=1S/C18H24N2/c1-14(2)13-15(3)19-17-11-7-8-12-18(17)20-16-9-5-4-6-10-16/h4-12,14-15,19-20H,13H2,1-3H3/t15-/m1/s1. The number of benzene rings is 2. The van der Waals surface area contributed by atoms with Crippen LogP contribution in [-0.2, 0) is 0 Å². The third-order valence-electron chi connectivity index (χ3n) is 3.21. The molecule has 0 unspecified atom stereocenters. The molecule has 2 heteroatoms. The second kappa shape index (κ2) is 6.99. The fourth-order valence-corrected chi connectivity index (χ4v) is 2.43. The molecule has 0 amide bonds. The lowest BCUT2D eigenvalue weighted by Gasteiger charge is -2.20. The summed E-state index contributed by atoms with van der Waals surface area (Å²) in [5.41, 5.74) is 3.39. The minimum absolute atomic E-state index is 0.466. The maximum atomic E-state index is 3.60. The number of nitrogens with one attached hydrogen (secondary N) is 2. The molecule has 0 fully saturated rings. The number of para-hydroxylation sites is 3. The number of hydrogen-bond donors (Lipinski definition) is 2. The first-order valence-corrected chi connectivity index (χ1v) is 7.33. The van der Waals surface area contributed by atoms with E-state index in [9.17, 15) is 0 Å². The fourth-order valence-electron chi connectivity index (χ4n) is 2.43. The quantitative estimate of drug-likeness (QED) is 0.745. The van der Waals surface area contributed by atoms with Crippen LogP contribution in [0.4, 0.5) is 17.1 Å². The van der Waals surface area contributed by atoms with E-state index in [4.69, 9.17) is 0 Å². The summed E-state index contributed by atoms with van der Waals surface area (Å²) in [6.45, 7) is 6.75. The highest BCUT2D eigenvalue weighted by Gasteiger charge is 2.07. The van der Waals surface area contributed by atoms with Crippen molar-refractivity contribution in [2.75, 3.05) is 10.6 Å². The first kappa shape index (κ1) is 14.4. The Kier molecular flexibility index (Phi) is 5.05. The molecular weight excluding hydrogens is 244 g/mol. The minimum atomic E-state index is 0.466. The van der Waals surface area contributed by atoms with E-state index in [0.29, 0.717) is 12.0 Å². The Hall–Kier alpha value is -1.96. The molecule has 2 aromatic carbocycles. The highest BCUT2D eigenvalue weighted by atomic mass is 15.0. The van der Waals surface area contributed by atoms with Crippen molar-refractivity contribution in [1.29, 1.82) is 0 Å². The largest absolute Gasteiger partial charge is 0.381 e. The molecule has 2 N–H and O–H groups in total. The summed E-state index contributed by atoms with van der Waals surface area (Å²) in [5.74, 6) is 0.701. The predicted octanol–water partition coefficient (Wildman–Crippen LogP) is 5.28. The van der Waals surface area contributed by atoms with Gasteiger partial charge in [-0.1, -0.05) is 44.2 Å². The van der Waals surface area contributed by atoms with Gasteiger partial charge in [-0.05, 0) is 43.5 Å². The van der Waals surface area contributed by atoms with Gasteiger partial charge in [-0.25, -0.2) is 0 Å². The zero-order chi connectivity index (χ0) is 14.4. The average molecular weight is 268 g/mol. The fraction of sp³-hybridized carbons (Fsp3) is 0.333. The SMILES string of the molecule is CC(C)C[C@@H](C)Nc1ccccc1Nc1ccccc1. The molecule has 0 saturated carbocycles. The normalized spacial score (nSPS) is 12.2. The molecule has 0 spiro atoms. The predicted molar refractivity (Wildman–Crippen MR) is 88.7 cm³/mol. The van der Waals surface area contributed by atoms with Gasteiger partial charge < -0.3 is 10.6 Å². The maximum absolute atomic E-state index is 3.60. The summed E-state index contributed by atoms with van der Waals surface area (Å²) in [4.78, 5) is 0. The van der Waals surface area contributed by atoms with E-state index in [1.807, 2.05) is 18.2 Å². The zero-order valence-corrected chi connectivity index (χ0v) is 12.6. The van der Waals surface area contributed by atoms with Crippen molar-refractivity contribution < 1.29 is 0 Å². The van der Waals surface area contributed by atoms with Crippen molar-refractivity contribution in [3.8, 4) is 0 Å². The molecule has 106 valence electrons. The average Bonchev–Trinajstić information content (AvgIpc) is 2.41. The zero-order valence-electron chi connectivity index (χ0n) is 12.6. The summed E-state index contributed by atoms with van der Waals surface area (Å²) in [6.07, 6.45) is 1.17. The Balaban J connectivity index is 2.10. The molecule has 2 aromatic rings. The Morgan fingerprint density at radius 2 is 1.40 bits per heavy atom. The minimum Gasteiger partial charge on any atom is -0.381 e. The summed E-state index contributed by atoms with van der Waals surface area (Å²) in [6, 6.07) is 19.1. The van der Waals surface area contributed by atoms with Gasteiger partial charge >= 0.3 is 0 Å². The molecule has 0 aliphatic carbocycles. The van der Waals surface area contributed by atoms with Gasteiger partial charge in [0.1, 0.15) is 0 Å². The van der Waals surface area contributed by atoms with Crippen molar-refractivity contribution in [1.82, 2.24) is 0 Å². The molecular formula is C18H24N2. The number of anilines is 3. The summed E-state index contributed by atoms with van der Waals surface area (Å²) >= 11 is 0. The lowest BCUT2D eigenvalue weighted by molar-refractivity contribution is 0.540. The van der Waals surface area contributed by atoms with Gasteiger partial charge in [0.2, 0.25) is 0 Å². The van der Waals surface area contributed by atoms with E-state index < -0.39 is 0 Å². The second-order valence-corrected chi connectivity index (χ2v) is 5.71. The van der Waals surface area contributed by atoms with Gasteiger partial charge in [-0.15, -0.1) is 0 Å². The smallest absolute Gasteiger partial charge is 0.0620 e. The van der Waals surface area contributed by atoms with E-state index in [0.717, 1.165) is 17.1 Å². The lowest BCUT2D eigenvalue weighted by Crippen LogP contribution is -2.18. The van der Waals surface area contributed by atoms with Crippen LogP contribution in [0, 0.1) is 5.92 Å². The van der Waals surface area contributed by atoms with Crippen LogP contribution in [-0.4, -0.2) is 6.04 Å². The van der Waals surface area contributed by atoms with Crippen LogP contribution in [0.2, 0.25) is 0 Å². The third kappa shape index (κ3) is 4.30. The van der Waals surface area contributed by atoms with Crippen LogP contribution in [0.15, 0.2) is 54.6 Å². The molecule has 2 rings (SSSR count). The van der Waals surface area contributed by atoms with Crippen LogP contribution in [0.1, 0.15) is 27.2 Å². The van der Waals surface area contributed by atoms with Gasteiger partial charge in [-0.3, -0.25) is 0 Å². The number of hydrogen-bond acceptors (Lipinski definition) is 2. The molecule has 0 aromatic heterocycles. The highest BCUT2D eigenvalue weighted by Crippen LogP contribution is 2.26. The van der Waals surface area contributed by atoms with Gasteiger partial charge in [-0.2, -0.15) is 0 Å². The Morgan fingerprint density at radius 3 is 2.05 bits per heavy atom. The van der Waals surface area contributed by atoms with Crippen LogP contribution in [0.5, 0.6) is 0 Å². The second-order valence-electron chi connectivity index (χ2n) is 5.71. The third-order valence-corrected chi connectivity index (χ3v) is 3.21. The van der Waals surface area contributed by atoms with Crippen LogP contribution < -0.4 is 10.6 Å². The molecule has 0 radical (unpaired) electrons. The van der Waals surface area contributed by atoms with Crippen LogP contribution in [0.25, 0.3) is 0 Å². The summed E-state index contributed by atoms with van der Waals surface area (Å²) in [7, 11) is 0. The maximum Gasteiger partial charge on any atom is 0.0620 e. The van der Waals surface area contributed by atoms with Crippen molar-refractivity contribution in [3.63, 3.8) is 0 Å². The Morgan fingerprint density at radius 1 is 0.800 bits per heavy atom. The number of rotatable bonds is 6. The first-order chi connectivity index (χ1) is 9.65. The van der Waals surface area contributed by atoms with Crippen LogP contribution >= 0.6 is 0 Å². The van der Waals surface area contributed by atoms with Gasteiger partial charge in [0.25, 0.3) is 0 Å². The first-order valence-electron chi connectivity index (χ1n) is 7.33. The molecule has 1 atom stereocenters. The van der Waals surface area contributed by atoms with Gasteiger partial charge in [0.05, 0.1) is 11.4 Å². The Labute approximate surface area is 122 Å². The molecule has 0 aliphatic heterocycles. The lowest BCUT2D eigenvalue weighted by atomic mass is 10.0. The van der Waals surface area contributed by atoms with Crippen molar-refractivity contribution >= 4 is 17.1 Å². The molecule has 20 heavy (non-hydrogen) atoms. The van der Waals surface area contributed by atoms with Gasteiger partial charge in [0, 0.05) is 11.7 Å². The molecule has 0 heterocycles. The van der Waals surface area contributed by atoms with E-state index in [-0.39, 0.29) is 0 Å². The van der Waals surface area contributed by atoms with Crippen molar-refractivity contribution in [2.45, 2.75) is 33.2 Å². The summed E-state index contributed by atoms with van der Waals surface area (Å²) in [5, 5.41) is 7.07. The van der Waals surface area contributed by atoms with E-state index in [2.05, 4.69) is 67.8 Å². The topological polar surface area (TPSA) is 24.1 Å². The molecule has 0 saturated heterocycles. The highest BCUT2D eigenvalue weighted by molar-refractivity contribution is 5.74. The van der Waals surface area contributed by atoms with Crippen LogP contribution in [0.3, 0.4) is 0 Å². The Bertz CT molecular complexity index is 520. The van der Waals surface area contributed by atoms with E-state index in [1.165, 1.54) is 6.42 Å². The van der Waals surface area contributed by atoms with Crippen molar-refractivity contribution in [3.05, 3.63) is 54.6 Å². The monoisotopic (exact) mass is 268 g/mol. The molecule has 0 aliphatic rings. The van der Waals surface area contributed by atoms with Crippen molar-refractivity contribution in [2.24, 2.45) is 5.92 Å². The van der Waals surface area contributed by atoms with Gasteiger partial charge in [0.15, 0.2) is 0 Å². The van der Waals surface area contributed by atoms with E-state index in [1.54, 1.807) is 0 Å². The van der Waals surface area contributed by atoms with E-state index >= 15 is 0 Å².